The first-order valence-corrected chi connectivity index (χ1v) is 14.3. The molecule has 1 unspecified atom stereocenters. The third kappa shape index (κ3) is 5.64. The highest BCUT2D eigenvalue weighted by atomic mass is 35.5. The zero-order valence-corrected chi connectivity index (χ0v) is 23.3. The minimum atomic E-state index is -0.549. The second kappa shape index (κ2) is 10.8. The Morgan fingerprint density at radius 1 is 1.03 bits per heavy atom. The van der Waals surface area contributed by atoms with Crippen molar-refractivity contribution in [1.82, 2.24) is 19.4 Å². The molecule has 3 heterocycles. The Kier molecular flexibility index (Phi) is 7.25. The van der Waals surface area contributed by atoms with Crippen molar-refractivity contribution in [1.29, 1.82) is 0 Å². The summed E-state index contributed by atoms with van der Waals surface area (Å²) in [4.78, 5) is 25.1. The summed E-state index contributed by atoms with van der Waals surface area (Å²) in [5.74, 6) is -0.110. The summed E-state index contributed by atoms with van der Waals surface area (Å²) in [5.41, 5.74) is 5.81. The van der Waals surface area contributed by atoms with Crippen LogP contribution in [0.2, 0.25) is 5.02 Å². The molecule has 5 nitrogen and oxygen atoms in total. The molecule has 0 N–H and O–H groups in total. The van der Waals surface area contributed by atoms with Crippen molar-refractivity contribution in [3.63, 3.8) is 0 Å². The van der Waals surface area contributed by atoms with Crippen molar-refractivity contribution < 1.29 is 4.39 Å². The van der Waals surface area contributed by atoms with Crippen LogP contribution in [-0.2, 0) is 13.1 Å². The van der Waals surface area contributed by atoms with Crippen LogP contribution in [0.1, 0.15) is 78.6 Å². The van der Waals surface area contributed by atoms with E-state index in [1.807, 2.05) is 32.4 Å². The Morgan fingerprint density at radius 2 is 1.87 bits per heavy atom. The molecule has 1 aromatic carbocycles. The molecule has 39 heavy (non-hydrogen) atoms. The number of fused-ring (bicyclic) bond motifs is 1. The van der Waals surface area contributed by atoms with Gasteiger partial charge < -0.3 is 4.57 Å². The van der Waals surface area contributed by atoms with Crippen LogP contribution in [0.25, 0.3) is 10.9 Å². The Bertz CT molecular complexity index is 1560. The van der Waals surface area contributed by atoms with Crippen molar-refractivity contribution in [3.05, 3.63) is 104 Å². The van der Waals surface area contributed by atoms with Gasteiger partial charge in [0.1, 0.15) is 5.82 Å². The fraction of sp³-hybridized carbons (Fsp3) is 0.406. The number of pyridine rings is 3. The summed E-state index contributed by atoms with van der Waals surface area (Å²) in [6.45, 7) is 5.26. The fourth-order valence-corrected chi connectivity index (χ4v) is 6.32. The maximum absolute atomic E-state index is 14.5. The molecule has 2 aliphatic carbocycles. The number of hydrogen-bond donors (Lipinski definition) is 0. The van der Waals surface area contributed by atoms with Crippen molar-refractivity contribution in [3.8, 4) is 0 Å². The summed E-state index contributed by atoms with van der Waals surface area (Å²) in [5, 5.41) is 0.464. The van der Waals surface area contributed by atoms with E-state index in [9.17, 15) is 9.18 Å². The molecule has 7 heteroatoms. The van der Waals surface area contributed by atoms with Crippen LogP contribution in [0.3, 0.4) is 0 Å². The van der Waals surface area contributed by atoms with Crippen LogP contribution < -0.4 is 5.43 Å². The van der Waals surface area contributed by atoms with Crippen LogP contribution in [0.4, 0.5) is 4.39 Å². The van der Waals surface area contributed by atoms with E-state index in [2.05, 4.69) is 43.7 Å². The summed E-state index contributed by atoms with van der Waals surface area (Å²) in [6.07, 6.45) is 12.4. The molecule has 6 rings (SSSR count). The molecule has 2 fully saturated rings. The lowest BCUT2D eigenvalue weighted by atomic mass is 9.81. The third-order valence-corrected chi connectivity index (χ3v) is 8.67. The monoisotopic (exact) mass is 544 g/mol. The van der Waals surface area contributed by atoms with Gasteiger partial charge in [-0.3, -0.25) is 19.7 Å². The molecule has 4 aromatic rings. The lowest BCUT2D eigenvalue weighted by Gasteiger charge is -2.38. The lowest BCUT2D eigenvalue weighted by molar-refractivity contribution is 0.130. The minimum Gasteiger partial charge on any atom is -0.344 e. The Morgan fingerprint density at radius 3 is 2.62 bits per heavy atom. The van der Waals surface area contributed by atoms with E-state index in [0.29, 0.717) is 35.5 Å². The second-order valence-electron chi connectivity index (χ2n) is 11.4. The predicted octanol–water partition coefficient (Wildman–Crippen LogP) is 7.26. The van der Waals surface area contributed by atoms with E-state index in [-0.39, 0.29) is 10.5 Å². The molecule has 0 amide bonds. The molecule has 2 saturated carbocycles. The minimum absolute atomic E-state index is 0.0533. The van der Waals surface area contributed by atoms with Crippen molar-refractivity contribution in [2.45, 2.75) is 83.5 Å². The highest BCUT2D eigenvalue weighted by molar-refractivity contribution is 6.31. The summed E-state index contributed by atoms with van der Waals surface area (Å²) >= 11 is 6.13. The number of halogens is 2. The van der Waals surface area contributed by atoms with E-state index >= 15 is 0 Å². The van der Waals surface area contributed by atoms with Gasteiger partial charge in [0.25, 0.3) is 0 Å². The predicted molar refractivity (Wildman–Crippen MR) is 154 cm³/mol. The molecule has 3 aromatic heterocycles. The average molecular weight is 545 g/mol. The van der Waals surface area contributed by atoms with Gasteiger partial charge in [0, 0.05) is 66.1 Å². The van der Waals surface area contributed by atoms with Crippen LogP contribution in [-0.4, -0.2) is 25.5 Å². The normalized spacial score (nSPS) is 19.6. The first kappa shape index (κ1) is 26.1. The molecule has 0 spiro atoms. The summed E-state index contributed by atoms with van der Waals surface area (Å²) in [7, 11) is 0. The fourth-order valence-electron chi connectivity index (χ4n) is 6.16. The van der Waals surface area contributed by atoms with Gasteiger partial charge >= 0.3 is 0 Å². The van der Waals surface area contributed by atoms with E-state index in [0.717, 1.165) is 62.0 Å². The van der Waals surface area contributed by atoms with E-state index in [1.165, 1.54) is 17.2 Å². The highest BCUT2D eigenvalue weighted by Gasteiger charge is 2.30. The SMILES string of the molecule is Cc1ccc(C2CCC[C@H](N(Cc3ccnc(C)c3)Cc3cn(C4CC4)c4cc(Cl)c(F)cc4c3=O)C2)cn1. The van der Waals surface area contributed by atoms with Crippen molar-refractivity contribution in [2.75, 3.05) is 0 Å². The maximum atomic E-state index is 14.5. The number of nitrogens with zero attached hydrogens (tertiary/aromatic N) is 4. The van der Waals surface area contributed by atoms with Crippen LogP contribution in [0.15, 0.2) is 59.8 Å². The number of aryl methyl sites for hydroxylation is 2. The number of rotatable bonds is 7. The van der Waals surface area contributed by atoms with Gasteiger partial charge in [-0.2, -0.15) is 0 Å². The second-order valence-corrected chi connectivity index (χ2v) is 11.8. The van der Waals surface area contributed by atoms with Gasteiger partial charge in [0.2, 0.25) is 0 Å². The number of aromatic nitrogens is 3. The summed E-state index contributed by atoms with van der Waals surface area (Å²) in [6, 6.07) is 12.1. The molecule has 0 radical (unpaired) electrons. The van der Waals surface area contributed by atoms with Gasteiger partial charge in [0.05, 0.1) is 10.5 Å². The quantitative estimate of drug-likeness (QED) is 0.245. The zero-order chi connectivity index (χ0) is 27.1. The van der Waals surface area contributed by atoms with Crippen LogP contribution >= 0.6 is 11.6 Å². The molecular weight excluding hydrogens is 511 g/mol. The molecular formula is C32H34ClFN4O. The van der Waals surface area contributed by atoms with Gasteiger partial charge in [-0.25, -0.2) is 4.39 Å². The summed E-state index contributed by atoms with van der Waals surface area (Å²) < 4.78 is 16.7. The van der Waals surface area contributed by atoms with Gasteiger partial charge in [0.15, 0.2) is 5.43 Å². The average Bonchev–Trinajstić information content (AvgIpc) is 3.77. The van der Waals surface area contributed by atoms with Gasteiger partial charge in [-0.15, -0.1) is 0 Å². The number of benzene rings is 1. The van der Waals surface area contributed by atoms with Crippen LogP contribution in [0, 0.1) is 19.7 Å². The Hall–Kier alpha value is -3.09. The van der Waals surface area contributed by atoms with Crippen LogP contribution in [0.5, 0.6) is 0 Å². The number of hydrogen-bond acceptors (Lipinski definition) is 4. The molecule has 0 saturated heterocycles. The Labute approximate surface area is 233 Å². The molecule has 0 bridgehead atoms. The van der Waals surface area contributed by atoms with Crippen molar-refractivity contribution >= 4 is 22.5 Å². The maximum Gasteiger partial charge on any atom is 0.193 e. The van der Waals surface area contributed by atoms with E-state index in [1.54, 1.807) is 6.07 Å². The smallest absolute Gasteiger partial charge is 0.193 e. The first-order valence-electron chi connectivity index (χ1n) is 14.0. The van der Waals surface area contributed by atoms with Gasteiger partial charge in [-0.1, -0.05) is 24.1 Å². The highest BCUT2D eigenvalue weighted by Crippen LogP contribution is 2.39. The third-order valence-electron chi connectivity index (χ3n) is 8.38. The largest absolute Gasteiger partial charge is 0.344 e. The lowest BCUT2D eigenvalue weighted by Crippen LogP contribution is -2.39. The topological polar surface area (TPSA) is 51.0 Å². The molecule has 202 valence electrons. The first-order chi connectivity index (χ1) is 18.9. The zero-order valence-electron chi connectivity index (χ0n) is 22.5. The van der Waals surface area contributed by atoms with Gasteiger partial charge in [-0.05, 0) is 93.3 Å². The molecule has 2 aliphatic rings. The standard InChI is InChI=1S/C32H34ClFN4O/c1-20-6-7-24(16-36-20)23-4-3-5-27(13-23)37(17-22-10-11-35-21(2)12-22)18-25-19-38(26-8-9-26)31-15-29(33)30(34)14-28(31)32(25)39/h6-7,10-12,14-16,19,23,26-27H,3-5,8-9,13,17-18H2,1-2H3/t23?,27-/m0/s1. The van der Waals surface area contributed by atoms with Crippen molar-refractivity contribution in [2.24, 2.45) is 0 Å². The van der Waals surface area contributed by atoms with E-state index < -0.39 is 5.82 Å². The molecule has 0 aliphatic heterocycles. The van der Waals surface area contributed by atoms with E-state index in [4.69, 9.17) is 11.6 Å². The Balaban J connectivity index is 1.37. The molecule has 2 atom stereocenters.